The summed E-state index contributed by atoms with van der Waals surface area (Å²) in [4.78, 5) is 5.11. The molecule has 0 radical (unpaired) electrons. The summed E-state index contributed by atoms with van der Waals surface area (Å²) in [6.07, 6.45) is 3.70. The molecule has 1 aliphatic rings. The van der Waals surface area contributed by atoms with Gasteiger partial charge in [-0.15, -0.1) is 0 Å². The summed E-state index contributed by atoms with van der Waals surface area (Å²) in [5.74, 6) is 0.813. The quantitative estimate of drug-likeness (QED) is 0.840. The highest BCUT2D eigenvalue weighted by atomic mass is 15.2. The van der Waals surface area contributed by atoms with E-state index in [-0.39, 0.29) is 0 Å². The molecule has 0 aliphatic carbocycles. The van der Waals surface area contributed by atoms with E-state index in [1.54, 1.807) is 0 Å². The van der Waals surface area contributed by atoms with Gasteiger partial charge in [-0.1, -0.05) is 24.3 Å². The Labute approximate surface area is 136 Å². The third kappa shape index (κ3) is 5.38. The minimum absolute atomic E-state index is 0.682. The average molecular weight is 303 g/mol. The van der Waals surface area contributed by atoms with Crippen molar-refractivity contribution in [3.63, 3.8) is 0 Å². The number of nitrogens with zero attached hydrogens (tertiary/aromatic N) is 2. The van der Waals surface area contributed by atoms with Crippen LogP contribution in [0, 0.1) is 5.92 Å². The Bertz CT molecular complexity index is 444. The van der Waals surface area contributed by atoms with Gasteiger partial charge in [0.2, 0.25) is 0 Å². The summed E-state index contributed by atoms with van der Waals surface area (Å²) in [7, 11) is 2.25. The molecule has 124 valence electrons. The number of nitrogens with two attached hydrogens (primary N) is 1. The Balaban J connectivity index is 1.84. The summed E-state index contributed by atoms with van der Waals surface area (Å²) >= 11 is 0. The van der Waals surface area contributed by atoms with E-state index in [2.05, 4.69) is 55.0 Å². The summed E-state index contributed by atoms with van der Waals surface area (Å²) in [6, 6.07) is 9.57. The Hall–Kier alpha value is -0.900. The molecule has 0 unspecified atom stereocenters. The molecule has 0 amide bonds. The lowest BCUT2D eigenvalue weighted by Crippen LogP contribution is -2.43. The first-order chi connectivity index (χ1) is 10.6. The average Bonchev–Trinajstić information content (AvgIpc) is 2.48. The standard InChI is InChI=1S/C19H33N3/c1-16(2)22-11-5-8-19(15-22)14-21(3)13-18-7-4-6-17(12-18)9-10-20/h4,6-7,12,16,19H,5,8-11,13-15,20H2,1-3H3/t19-/m0/s1. The monoisotopic (exact) mass is 303 g/mol. The first kappa shape index (κ1) is 17.5. The molecule has 1 saturated heterocycles. The Morgan fingerprint density at radius 3 is 2.82 bits per heavy atom. The smallest absolute Gasteiger partial charge is 0.0230 e. The molecule has 0 bridgehead atoms. The van der Waals surface area contributed by atoms with Gasteiger partial charge in [-0.25, -0.2) is 0 Å². The van der Waals surface area contributed by atoms with Gasteiger partial charge in [0.05, 0.1) is 0 Å². The van der Waals surface area contributed by atoms with Gasteiger partial charge in [0.25, 0.3) is 0 Å². The molecular weight excluding hydrogens is 270 g/mol. The maximum atomic E-state index is 5.66. The van der Waals surface area contributed by atoms with Crippen LogP contribution in [-0.2, 0) is 13.0 Å². The van der Waals surface area contributed by atoms with Crippen molar-refractivity contribution in [2.24, 2.45) is 11.7 Å². The van der Waals surface area contributed by atoms with E-state index in [0.717, 1.165) is 25.4 Å². The Morgan fingerprint density at radius 1 is 1.32 bits per heavy atom. The van der Waals surface area contributed by atoms with Crippen LogP contribution in [0.1, 0.15) is 37.8 Å². The third-order valence-electron chi connectivity index (χ3n) is 4.73. The zero-order chi connectivity index (χ0) is 15.9. The van der Waals surface area contributed by atoms with Gasteiger partial charge in [0.15, 0.2) is 0 Å². The maximum Gasteiger partial charge on any atom is 0.0230 e. The Morgan fingerprint density at radius 2 is 2.09 bits per heavy atom. The van der Waals surface area contributed by atoms with Gasteiger partial charge in [-0.05, 0) is 70.3 Å². The number of likely N-dealkylation sites (tertiary alicyclic amines) is 1. The number of hydrogen-bond acceptors (Lipinski definition) is 3. The van der Waals surface area contributed by atoms with Crippen molar-refractivity contribution in [2.75, 3.05) is 33.2 Å². The fraction of sp³-hybridized carbons (Fsp3) is 0.684. The predicted octanol–water partition coefficient (Wildman–Crippen LogP) is 2.74. The van der Waals surface area contributed by atoms with Gasteiger partial charge in [-0.2, -0.15) is 0 Å². The third-order valence-corrected chi connectivity index (χ3v) is 4.73. The Kier molecular flexibility index (Phi) is 6.87. The zero-order valence-corrected chi connectivity index (χ0v) is 14.6. The molecule has 1 fully saturated rings. The van der Waals surface area contributed by atoms with Gasteiger partial charge in [-0.3, -0.25) is 0 Å². The molecular formula is C19H33N3. The first-order valence-corrected chi connectivity index (χ1v) is 8.79. The molecule has 0 saturated carbocycles. The molecule has 2 rings (SSSR count). The van der Waals surface area contributed by atoms with Gasteiger partial charge >= 0.3 is 0 Å². The predicted molar refractivity (Wildman–Crippen MR) is 95.0 cm³/mol. The highest BCUT2D eigenvalue weighted by Gasteiger charge is 2.22. The highest BCUT2D eigenvalue weighted by molar-refractivity contribution is 5.23. The molecule has 1 aromatic carbocycles. The number of rotatable bonds is 7. The lowest BCUT2D eigenvalue weighted by atomic mass is 9.96. The number of piperidine rings is 1. The number of hydrogen-bond donors (Lipinski definition) is 1. The van der Waals surface area contributed by atoms with Crippen LogP contribution >= 0.6 is 0 Å². The summed E-state index contributed by atoms with van der Waals surface area (Å²) < 4.78 is 0. The minimum atomic E-state index is 0.682. The second kappa shape index (κ2) is 8.66. The minimum Gasteiger partial charge on any atom is -0.330 e. The summed E-state index contributed by atoms with van der Waals surface area (Å²) in [5.41, 5.74) is 8.42. The molecule has 1 atom stereocenters. The summed E-state index contributed by atoms with van der Waals surface area (Å²) in [5, 5.41) is 0. The van der Waals surface area contributed by atoms with Crippen molar-refractivity contribution in [1.29, 1.82) is 0 Å². The van der Waals surface area contributed by atoms with E-state index in [0.29, 0.717) is 6.04 Å². The van der Waals surface area contributed by atoms with Crippen molar-refractivity contribution in [3.8, 4) is 0 Å². The zero-order valence-electron chi connectivity index (χ0n) is 14.6. The van der Waals surface area contributed by atoms with Crippen molar-refractivity contribution in [1.82, 2.24) is 9.80 Å². The molecule has 1 aliphatic heterocycles. The fourth-order valence-corrected chi connectivity index (χ4v) is 3.58. The molecule has 0 spiro atoms. The molecule has 3 nitrogen and oxygen atoms in total. The molecule has 0 aromatic heterocycles. The van der Waals surface area contributed by atoms with E-state index in [4.69, 9.17) is 5.73 Å². The second-order valence-corrected chi connectivity index (χ2v) is 7.15. The lowest BCUT2D eigenvalue weighted by Gasteiger charge is -2.37. The van der Waals surface area contributed by atoms with Crippen LogP contribution in [0.2, 0.25) is 0 Å². The van der Waals surface area contributed by atoms with Crippen molar-refractivity contribution >= 4 is 0 Å². The highest BCUT2D eigenvalue weighted by Crippen LogP contribution is 2.20. The first-order valence-electron chi connectivity index (χ1n) is 8.79. The molecule has 1 aromatic rings. The van der Waals surface area contributed by atoms with Crippen molar-refractivity contribution in [2.45, 2.75) is 45.7 Å². The van der Waals surface area contributed by atoms with E-state index >= 15 is 0 Å². The van der Waals surface area contributed by atoms with Crippen LogP contribution in [0.4, 0.5) is 0 Å². The second-order valence-electron chi connectivity index (χ2n) is 7.15. The topological polar surface area (TPSA) is 32.5 Å². The van der Waals surface area contributed by atoms with E-state index in [1.807, 2.05) is 0 Å². The van der Waals surface area contributed by atoms with Crippen LogP contribution in [0.3, 0.4) is 0 Å². The van der Waals surface area contributed by atoms with Crippen LogP contribution in [0.5, 0.6) is 0 Å². The normalized spacial score (nSPS) is 20.0. The van der Waals surface area contributed by atoms with Crippen LogP contribution in [0.15, 0.2) is 24.3 Å². The number of benzene rings is 1. The van der Waals surface area contributed by atoms with Gasteiger partial charge in [0, 0.05) is 25.7 Å². The fourth-order valence-electron chi connectivity index (χ4n) is 3.58. The molecule has 2 N–H and O–H groups in total. The van der Waals surface area contributed by atoms with Crippen LogP contribution in [-0.4, -0.2) is 49.1 Å². The molecule has 1 heterocycles. The van der Waals surface area contributed by atoms with E-state index in [9.17, 15) is 0 Å². The molecule has 3 heteroatoms. The SMILES string of the molecule is CC(C)N1CCC[C@@H](CN(C)Cc2cccc(CCN)c2)C1. The maximum absolute atomic E-state index is 5.66. The van der Waals surface area contributed by atoms with Gasteiger partial charge < -0.3 is 15.5 Å². The largest absolute Gasteiger partial charge is 0.330 e. The summed E-state index contributed by atoms with van der Waals surface area (Å²) in [6.45, 7) is 10.1. The van der Waals surface area contributed by atoms with Crippen LogP contribution in [0.25, 0.3) is 0 Å². The molecule has 22 heavy (non-hydrogen) atoms. The van der Waals surface area contributed by atoms with E-state index in [1.165, 1.54) is 43.6 Å². The lowest BCUT2D eigenvalue weighted by molar-refractivity contribution is 0.116. The van der Waals surface area contributed by atoms with Crippen molar-refractivity contribution < 1.29 is 0 Å². The van der Waals surface area contributed by atoms with Crippen LogP contribution < -0.4 is 5.73 Å². The van der Waals surface area contributed by atoms with E-state index < -0.39 is 0 Å². The van der Waals surface area contributed by atoms with Crippen molar-refractivity contribution in [3.05, 3.63) is 35.4 Å². The van der Waals surface area contributed by atoms with Gasteiger partial charge in [0.1, 0.15) is 0 Å².